The SMILES string of the molecule is Fc1cccc2sc(CN3CCCCC3)cc12. The van der Waals surface area contributed by atoms with Crippen LogP contribution in [0.4, 0.5) is 4.39 Å². The minimum atomic E-state index is -0.0938. The first kappa shape index (κ1) is 11.2. The van der Waals surface area contributed by atoms with E-state index in [1.807, 2.05) is 12.1 Å². The van der Waals surface area contributed by atoms with Crippen LogP contribution in [0.2, 0.25) is 0 Å². The first-order valence-corrected chi connectivity index (χ1v) is 7.04. The van der Waals surface area contributed by atoms with E-state index < -0.39 is 0 Å². The average molecular weight is 249 g/mol. The summed E-state index contributed by atoms with van der Waals surface area (Å²) in [6.07, 6.45) is 3.97. The molecule has 0 radical (unpaired) electrons. The lowest BCUT2D eigenvalue weighted by molar-refractivity contribution is 0.223. The molecule has 0 bridgehead atoms. The number of likely N-dealkylation sites (tertiary alicyclic amines) is 1. The van der Waals surface area contributed by atoms with Gasteiger partial charge in [-0.15, -0.1) is 11.3 Å². The van der Waals surface area contributed by atoms with E-state index in [-0.39, 0.29) is 5.82 Å². The number of thiophene rings is 1. The van der Waals surface area contributed by atoms with Crippen molar-refractivity contribution in [1.29, 1.82) is 0 Å². The highest BCUT2D eigenvalue weighted by molar-refractivity contribution is 7.19. The van der Waals surface area contributed by atoms with Gasteiger partial charge in [-0.2, -0.15) is 0 Å². The van der Waals surface area contributed by atoms with Crippen LogP contribution in [-0.4, -0.2) is 18.0 Å². The van der Waals surface area contributed by atoms with Gasteiger partial charge in [-0.3, -0.25) is 4.90 Å². The highest BCUT2D eigenvalue weighted by atomic mass is 32.1. The maximum atomic E-state index is 13.6. The lowest BCUT2D eigenvalue weighted by atomic mass is 10.1. The van der Waals surface area contributed by atoms with Crippen molar-refractivity contribution in [2.24, 2.45) is 0 Å². The molecule has 1 aliphatic rings. The quantitative estimate of drug-likeness (QED) is 0.777. The van der Waals surface area contributed by atoms with E-state index in [1.165, 1.54) is 37.2 Å². The smallest absolute Gasteiger partial charge is 0.131 e. The van der Waals surface area contributed by atoms with Crippen molar-refractivity contribution in [3.63, 3.8) is 0 Å². The molecule has 17 heavy (non-hydrogen) atoms. The Labute approximate surface area is 105 Å². The number of hydrogen-bond acceptors (Lipinski definition) is 2. The summed E-state index contributed by atoms with van der Waals surface area (Å²) in [7, 11) is 0. The van der Waals surface area contributed by atoms with Gasteiger partial charge in [-0.1, -0.05) is 12.5 Å². The van der Waals surface area contributed by atoms with Crippen molar-refractivity contribution in [1.82, 2.24) is 4.90 Å². The number of hydrogen-bond donors (Lipinski definition) is 0. The molecule has 0 N–H and O–H groups in total. The van der Waals surface area contributed by atoms with E-state index in [4.69, 9.17) is 0 Å². The molecule has 0 atom stereocenters. The molecule has 1 aromatic carbocycles. The molecule has 3 rings (SSSR count). The molecule has 3 heteroatoms. The largest absolute Gasteiger partial charge is 0.298 e. The van der Waals surface area contributed by atoms with Gasteiger partial charge in [-0.25, -0.2) is 4.39 Å². The lowest BCUT2D eigenvalue weighted by Crippen LogP contribution is -2.28. The summed E-state index contributed by atoms with van der Waals surface area (Å²) in [5, 5.41) is 0.782. The highest BCUT2D eigenvalue weighted by Crippen LogP contribution is 2.29. The molecular formula is C14H16FNS. The van der Waals surface area contributed by atoms with E-state index >= 15 is 0 Å². The molecule has 1 aliphatic heterocycles. The monoisotopic (exact) mass is 249 g/mol. The summed E-state index contributed by atoms with van der Waals surface area (Å²) in [6.45, 7) is 3.37. The van der Waals surface area contributed by atoms with Crippen LogP contribution in [0.1, 0.15) is 24.1 Å². The van der Waals surface area contributed by atoms with Crippen molar-refractivity contribution >= 4 is 21.4 Å². The van der Waals surface area contributed by atoms with Crippen LogP contribution < -0.4 is 0 Å². The average Bonchev–Trinajstić information content (AvgIpc) is 2.74. The van der Waals surface area contributed by atoms with Crippen LogP contribution in [0.5, 0.6) is 0 Å². The van der Waals surface area contributed by atoms with Crippen molar-refractivity contribution in [2.45, 2.75) is 25.8 Å². The van der Waals surface area contributed by atoms with Gasteiger partial charge in [0.1, 0.15) is 5.82 Å². The van der Waals surface area contributed by atoms with E-state index in [1.54, 1.807) is 23.5 Å². The fourth-order valence-electron chi connectivity index (χ4n) is 2.49. The van der Waals surface area contributed by atoms with E-state index in [9.17, 15) is 4.39 Å². The third-order valence-electron chi connectivity index (χ3n) is 3.39. The summed E-state index contributed by atoms with van der Waals surface area (Å²) >= 11 is 1.72. The van der Waals surface area contributed by atoms with E-state index in [0.717, 1.165) is 16.6 Å². The number of halogens is 1. The molecule has 1 nitrogen and oxygen atoms in total. The summed E-state index contributed by atoms with van der Waals surface area (Å²) < 4.78 is 14.6. The van der Waals surface area contributed by atoms with Crippen molar-refractivity contribution in [2.75, 3.05) is 13.1 Å². The zero-order chi connectivity index (χ0) is 11.7. The van der Waals surface area contributed by atoms with Gasteiger partial charge < -0.3 is 0 Å². The number of rotatable bonds is 2. The third-order valence-corrected chi connectivity index (χ3v) is 4.47. The minimum Gasteiger partial charge on any atom is -0.298 e. The third kappa shape index (κ3) is 2.35. The second-order valence-electron chi connectivity index (χ2n) is 4.70. The molecule has 0 amide bonds. The Balaban J connectivity index is 1.83. The topological polar surface area (TPSA) is 3.24 Å². The van der Waals surface area contributed by atoms with Gasteiger partial charge in [0.15, 0.2) is 0 Å². The van der Waals surface area contributed by atoms with Gasteiger partial charge in [0.05, 0.1) is 0 Å². The Morgan fingerprint density at radius 1 is 1.18 bits per heavy atom. The lowest BCUT2D eigenvalue weighted by Gasteiger charge is -2.25. The van der Waals surface area contributed by atoms with Crippen LogP contribution in [0, 0.1) is 5.82 Å². The Morgan fingerprint density at radius 3 is 2.76 bits per heavy atom. The summed E-state index contributed by atoms with van der Waals surface area (Å²) in [5.74, 6) is -0.0938. The fourth-order valence-corrected chi connectivity index (χ4v) is 3.61. The van der Waals surface area contributed by atoms with Gasteiger partial charge in [0.25, 0.3) is 0 Å². The number of fused-ring (bicyclic) bond motifs is 1. The Bertz CT molecular complexity index is 514. The summed E-state index contributed by atoms with van der Waals surface area (Å²) in [5.41, 5.74) is 0. The maximum Gasteiger partial charge on any atom is 0.131 e. The molecule has 1 aromatic heterocycles. The number of piperidine rings is 1. The molecule has 0 aliphatic carbocycles. The van der Waals surface area contributed by atoms with Gasteiger partial charge >= 0.3 is 0 Å². The molecule has 0 unspecified atom stereocenters. The van der Waals surface area contributed by atoms with Crippen LogP contribution in [0.25, 0.3) is 10.1 Å². The first-order chi connectivity index (χ1) is 8.33. The number of nitrogens with zero attached hydrogens (tertiary/aromatic N) is 1. The maximum absolute atomic E-state index is 13.6. The second-order valence-corrected chi connectivity index (χ2v) is 5.87. The molecule has 1 fully saturated rings. The summed E-state index contributed by atoms with van der Waals surface area (Å²) in [6, 6.07) is 7.35. The highest BCUT2D eigenvalue weighted by Gasteiger charge is 2.12. The van der Waals surface area contributed by atoms with Gasteiger partial charge in [0, 0.05) is 21.5 Å². The van der Waals surface area contributed by atoms with Crippen LogP contribution >= 0.6 is 11.3 Å². The Kier molecular flexibility index (Phi) is 3.12. The van der Waals surface area contributed by atoms with Crippen LogP contribution in [0.15, 0.2) is 24.3 Å². The molecule has 2 aromatic rings. The zero-order valence-electron chi connectivity index (χ0n) is 9.79. The van der Waals surface area contributed by atoms with Crippen LogP contribution in [0.3, 0.4) is 0 Å². The van der Waals surface area contributed by atoms with Gasteiger partial charge in [-0.05, 0) is 44.1 Å². The van der Waals surface area contributed by atoms with Gasteiger partial charge in [0.2, 0.25) is 0 Å². The standard InChI is InChI=1S/C14H16FNS/c15-13-5-4-6-14-12(13)9-11(17-14)10-16-7-2-1-3-8-16/h4-6,9H,1-3,7-8,10H2. The normalized spacial score (nSPS) is 17.7. The molecule has 1 saturated heterocycles. The van der Waals surface area contributed by atoms with E-state index in [0.29, 0.717) is 0 Å². The molecule has 0 spiro atoms. The molecule has 2 heterocycles. The number of benzene rings is 1. The molecule has 90 valence electrons. The predicted octanol–water partition coefficient (Wildman–Crippen LogP) is 4.03. The second kappa shape index (κ2) is 4.75. The Morgan fingerprint density at radius 2 is 2.00 bits per heavy atom. The minimum absolute atomic E-state index is 0.0938. The van der Waals surface area contributed by atoms with E-state index in [2.05, 4.69) is 4.90 Å². The molecular weight excluding hydrogens is 233 g/mol. The van der Waals surface area contributed by atoms with Crippen LogP contribution in [-0.2, 0) is 6.54 Å². The van der Waals surface area contributed by atoms with Crippen molar-refractivity contribution in [3.8, 4) is 0 Å². The zero-order valence-corrected chi connectivity index (χ0v) is 10.6. The summed E-state index contributed by atoms with van der Waals surface area (Å²) in [4.78, 5) is 3.76. The van der Waals surface area contributed by atoms with Crippen molar-refractivity contribution in [3.05, 3.63) is 35.0 Å². The first-order valence-electron chi connectivity index (χ1n) is 6.22. The predicted molar refractivity (Wildman–Crippen MR) is 70.9 cm³/mol. The fraction of sp³-hybridized carbons (Fsp3) is 0.429. The molecule has 0 saturated carbocycles. The Hall–Kier alpha value is -0.930. The van der Waals surface area contributed by atoms with Crippen molar-refractivity contribution < 1.29 is 4.39 Å².